The Kier molecular flexibility index (Phi) is 3.99. The van der Waals surface area contributed by atoms with E-state index in [2.05, 4.69) is 60.1 Å². The number of halogens is 2. The lowest BCUT2D eigenvalue weighted by atomic mass is 9.76. The van der Waals surface area contributed by atoms with Crippen LogP contribution in [0.4, 0.5) is 0 Å². The fourth-order valence-electron chi connectivity index (χ4n) is 2.57. The van der Waals surface area contributed by atoms with Crippen molar-refractivity contribution in [3.8, 4) is 0 Å². The normalized spacial score (nSPS) is 23.3. The third kappa shape index (κ3) is 3.86. The summed E-state index contributed by atoms with van der Waals surface area (Å²) in [4.78, 5) is 0. The first-order chi connectivity index (χ1) is 7.94. The molecule has 0 radical (unpaired) electrons. The predicted molar refractivity (Wildman–Crippen MR) is 78.6 cm³/mol. The molecule has 1 aliphatic carbocycles. The maximum atomic E-state index is 6.30. The van der Waals surface area contributed by atoms with Crippen molar-refractivity contribution in [2.75, 3.05) is 0 Å². The first kappa shape index (κ1) is 13.2. The second-order valence-electron chi connectivity index (χ2n) is 5.69. The van der Waals surface area contributed by atoms with Gasteiger partial charge in [-0.15, -0.1) is 11.6 Å². The molecule has 0 saturated heterocycles. The van der Waals surface area contributed by atoms with Crippen molar-refractivity contribution in [1.29, 1.82) is 0 Å². The van der Waals surface area contributed by atoms with E-state index in [0.717, 1.165) is 23.7 Å². The summed E-state index contributed by atoms with van der Waals surface area (Å²) in [6.07, 6.45) is 5.51. The van der Waals surface area contributed by atoms with Gasteiger partial charge in [-0.3, -0.25) is 0 Å². The maximum Gasteiger partial charge on any atom is 0.0523 e. The van der Waals surface area contributed by atoms with Gasteiger partial charge in [-0.1, -0.05) is 53.6 Å². The lowest BCUT2D eigenvalue weighted by Gasteiger charge is -2.32. The molecule has 0 bridgehead atoms. The molecule has 0 fully saturated rings. The van der Waals surface area contributed by atoms with Crippen molar-refractivity contribution in [2.45, 2.75) is 38.5 Å². The van der Waals surface area contributed by atoms with Gasteiger partial charge in [0.15, 0.2) is 0 Å². The molecule has 92 valence electrons. The number of benzene rings is 1. The molecule has 1 aliphatic rings. The third-order valence-electron chi connectivity index (χ3n) is 3.21. The number of rotatable bonds is 2. The standard InChI is InChI=1S/C15H18BrCl/c1-15(2)9-12(8-14(17)10-15)7-11-3-5-13(16)6-4-11/h3-6,8,14H,7,9-10H2,1-2H3. The molecule has 1 unspecified atom stereocenters. The first-order valence-electron chi connectivity index (χ1n) is 6.03. The van der Waals surface area contributed by atoms with Gasteiger partial charge < -0.3 is 0 Å². The largest absolute Gasteiger partial charge is 0.118 e. The molecule has 0 saturated carbocycles. The molecule has 0 spiro atoms. The molecule has 1 aromatic rings. The molecule has 1 atom stereocenters. The lowest BCUT2D eigenvalue weighted by Crippen LogP contribution is -2.22. The second kappa shape index (κ2) is 5.16. The van der Waals surface area contributed by atoms with Crippen molar-refractivity contribution in [3.63, 3.8) is 0 Å². The number of alkyl halides is 1. The number of hydrogen-bond acceptors (Lipinski definition) is 0. The van der Waals surface area contributed by atoms with E-state index in [1.807, 2.05) is 0 Å². The molecule has 0 heterocycles. The number of allylic oxidation sites excluding steroid dienone is 2. The smallest absolute Gasteiger partial charge is 0.0523 e. The molecule has 2 rings (SSSR count). The van der Waals surface area contributed by atoms with E-state index in [9.17, 15) is 0 Å². The fraction of sp³-hybridized carbons (Fsp3) is 0.467. The second-order valence-corrected chi connectivity index (χ2v) is 7.17. The fourth-order valence-corrected chi connectivity index (χ4v) is 3.43. The molecule has 2 heteroatoms. The van der Waals surface area contributed by atoms with E-state index in [4.69, 9.17) is 11.6 Å². The summed E-state index contributed by atoms with van der Waals surface area (Å²) in [7, 11) is 0. The van der Waals surface area contributed by atoms with Crippen LogP contribution in [-0.2, 0) is 6.42 Å². The topological polar surface area (TPSA) is 0 Å². The van der Waals surface area contributed by atoms with Crippen LogP contribution in [0.5, 0.6) is 0 Å². The average Bonchev–Trinajstić information content (AvgIpc) is 2.18. The number of hydrogen-bond donors (Lipinski definition) is 0. The van der Waals surface area contributed by atoms with Crippen molar-refractivity contribution >= 4 is 27.5 Å². The summed E-state index contributed by atoms with van der Waals surface area (Å²) < 4.78 is 1.13. The lowest BCUT2D eigenvalue weighted by molar-refractivity contribution is 0.320. The Labute approximate surface area is 117 Å². The Morgan fingerprint density at radius 3 is 2.53 bits per heavy atom. The zero-order chi connectivity index (χ0) is 12.5. The monoisotopic (exact) mass is 312 g/mol. The molecule has 0 aromatic heterocycles. The van der Waals surface area contributed by atoms with E-state index >= 15 is 0 Å². The van der Waals surface area contributed by atoms with Crippen molar-refractivity contribution in [1.82, 2.24) is 0 Å². The highest BCUT2D eigenvalue weighted by atomic mass is 79.9. The van der Waals surface area contributed by atoms with Crippen LogP contribution in [0.25, 0.3) is 0 Å². The van der Waals surface area contributed by atoms with E-state index < -0.39 is 0 Å². The minimum Gasteiger partial charge on any atom is -0.118 e. The summed E-state index contributed by atoms with van der Waals surface area (Å²) in [6, 6.07) is 8.55. The van der Waals surface area contributed by atoms with Gasteiger partial charge in [0.2, 0.25) is 0 Å². The summed E-state index contributed by atoms with van der Waals surface area (Å²) in [5, 5.41) is 0.198. The zero-order valence-electron chi connectivity index (χ0n) is 10.3. The van der Waals surface area contributed by atoms with E-state index in [1.54, 1.807) is 0 Å². The van der Waals surface area contributed by atoms with Gasteiger partial charge in [0, 0.05) is 4.47 Å². The van der Waals surface area contributed by atoms with Gasteiger partial charge in [0.1, 0.15) is 0 Å². The molecular weight excluding hydrogens is 296 g/mol. The Morgan fingerprint density at radius 1 is 1.29 bits per heavy atom. The van der Waals surface area contributed by atoms with Crippen LogP contribution in [0.3, 0.4) is 0 Å². The predicted octanol–water partition coefficient (Wildman–Crippen LogP) is 5.35. The Bertz CT molecular complexity index is 417. The van der Waals surface area contributed by atoms with Crippen LogP contribution in [0.15, 0.2) is 40.4 Å². The Morgan fingerprint density at radius 2 is 1.94 bits per heavy atom. The van der Waals surface area contributed by atoms with Gasteiger partial charge in [-0.2, -0.15) is 0 Å². The quantitative estimate of drug-likeness (QED) is 0.510. The van der Waals surface area contributed by atoms with Crippen LogP contribution < -0.4 is 0 Å². The van der Waals surface area contributed by atoms with Crippen molar-refractivity contribution in [2.24, 2.45) is 5.41 Å². The SMILES string of the molecule is CC1(C)CC(Cc2ccc(Br)cc2)=CC(Cl)C1. The van der Waals surface area contributed by atoms with Crippen LogP contribution in [-0.4, -0.2) is 5.38 Å². The zero-order valence-corrected chi connectivity index (χ0v) is 12.7. The van der Waals surface area contributed by atoms with E-state index in [-0.39, 0.29) is 5.38 Å². The molecule has 0 aliphatic heterocycles. The van der Waals surface area contributed by atoms with Crippen LogP contribution in [0.1, 0.15) is 32.3 Å². The highest BCUT2D eigenvalue weighted by molar-refractivity contribution is 9.10. The molecule has 1 aromatic carbocycles. The molecule has 0 nitrogen and oxygen atoms in total. The van der Waals surface area contributed by atoms with Crippen molar-refractivity contribution in [3.05, 3.63) is 46.0 Å². The maximum absolute atomic E-state index is 6.30. The van der Waals surface area contributed by atoms with Gasteiger partial charge in [-0.05, 0) is 42.4 Å². The van der Waals surface area contributed by atoms with E-state index in [1.165, 1.54) is 11.1 Å². The van der Waals surface area contributed by atoms with Gasteiger partial charge in [-0.25, -0.2) is 0 Å². The van der Waals surface area contributed by atoms with Crippen LogP contribution in [0, 0.1) is 5.41 Å². The summed E-state index contributed by atoms with van der Waals surface area (Å²) in [5.41, 5.74) is 3.18. The van der Waals surface area contributed by atoms with Gasteiger partial charge >= 0.3 is 0 Å². The minimum atomic E-state index is 0.198. The molecule has 17 heavy (non-hydrogen) atoms. The molecule has 0 N–H and O–H groups in total. The van der Waals surface area contributed by atoms with Crippen LogP contribution >= 0.6 is 27.5 Å². The first-order valence-corrected chi connectivity index (χ1v) is 7.26. The average molecular weight is 314 g/mol. The summed E-state index contributed by atoms with van der Waals surface area (Å²) >= 11 is 9.77. The highest BCUT2D eigenvalue weighted by Crippen LogP contribution is 2.38. The molecule has 0 amide bonds. The Hall–Kier alpha value is -0.270. The van der Waals surface area contributed by atoms with Gasteiger partial charge in [0.05, 0.1) is 5.38 Å². The van der Waals surface area contributed by atoms with Crippen molar-refractivity contribution < 1.29 is 0 Å². The Balaban J connectivity index is 2.11. The molecular formula is C15H18BrCl. The van der Waals surface area contributed by atoms with E-state index in [0.29, 0.717) is 5.41 Å². The minimum absolute atomic E-state index is 0.198. The third-order valence-corrected chi connectivity index (χ3v) is 4.02. The van der Waals surface area contributed by atoms with Crippen LogP contribution in [0.2, 0.25) is 0 Å². The summed E-state index contributed by atoms with van der Waals surface area (Å²) in [5.74, 6) is 0. The van der Waals surface area contributed by atoms with Gasteiger partial charge in [0.25, 0.3) is 0 Å². The summed E-state index contributed by atoms with van der Waals surface area (Å²) in [6.45, 7) is 4.61. The highest BCUT2D eigenvalue weighted by Gasteiger charge is 2.27.